The lowest BCUT2D eigenvalue weighted by Gasteiger charge is -2.31. The number of aryl methyl sites for hydroxylation is 3. The Morgan fingerprint density at radius 1 is 1.00 bits per heavy atom. The number of benzene rings is 2. The summed E-state index contributed by atoms with van der Waals surface area (Å²) in [7, 11) is 0. The molecule has 2 aliphatic heterocycles. The molecule has 0 bridgehead atoms. The predicted molar refractivity (Wildman–Crippen MR) is 111 cm³/mol. The van der Waals surface area contributed by atoms with Crippen LogP contribution in [0.3, 0.4) is 0 Å². The summed E-state index contributed by atoms with van der Waals surface area (Å²) < 4.78 is 0. The van der Waals surface area contributed by atoms with Gasteiger partial charge in [0.25, 0.3) is 0 Å². The molecule has 4 nitrogen and oxygen atoms in total. The molecule has 0 spiro atoms. The summed E-state index contributed by atoms with van der Waals surface area (Å²) in [5.41, 5.74) is 6.34. The molecule has 0 saturated carbocycles. The molecule has 0 N–H and O–H groups in total. The molecule has 2 aromatic carbocycles. The molecule has 2 heterocycles. The van der Waals surface area contributed by atoms with Gasteiger partial charge >= 0.3 is 0 Å². The van der Waals surface area contributed by atoms with Crippen LogP contribution in [0.4, 0.5) is 0 Å². The van der Waals surface area contributed by atoms with Crippen LogP contribution in [0.25, 0.3) is 0 Å². The normalized spacial score (nSPS) is 22.0. The Morgan fingerprint density at radius 2 is 1.64 bits per heavy atom. The van der Waals surface area contributed by atoms with Gasteiger partial charge in [0.1, 0.15) is 11.6 Å². The number of hydrogen-bond donors (Lipinski definition) is 0. The summed E-state index contributed by atoms with van der Waals surface area (Å²) in [5, 5.41) is 4.48. The number of likely N-dealkylation sites (tertiary alicyclic amines) is 1. The molecule has 0 unspecified atom stereocenters. The van der Waals surface area contributed by atoms with E-state index in [2.05, 4.69) is 38.1 Å². The Balaban J connectivity index is 1.76. The second-order valence-electron chi connectivity index (χ2n) is 8.05. The fourth-order valence-electron chi connectivity index (χ4n) is 4.61. The molecule has 4 rings (SSSR count). The van der Waals surface area contributed by atoms with E-state index in [0.29, 0.717) is 0 Å². The molecule has 1 fully saturated rings. The lowest BCUT2D eigenvalue weighted by molar-refractivity contribution is -0.137. The maximum Gasteiger partial charge on any atom is 0.236 e. The number of carbonyl (C=O) groups excluding carboxylic acids is 1. The number of carbonyl (C=O) groups is 1. The first-order valence-corrected chi connectivity index (χ1v) is 10.2. The Morgan fingerprint density at radius 3 is 2.29 bits per heavy atom. The minimum atomic E-state index is -0.402. The van der Waals surface area contributed by atoms with Crippen molar-refractivity contribution in [2.24, 2.45) is 11.1 Å². The highest BCUT2D eigenvalue weighted by atomic mass is 16.6. The van der Waals surface area contributed by atoms with E-state index in [0.717, 1.165) is 53.9 Å². The van der Waals surface area contributed by atoms with E-state index >= 15 is 0 Å². The summed E-state index contributed by atoms with van der Waals surface area (Å²) in [6.07, 6.45) is 2.98. The van der Waals surface area contributed by atoms with Crippen molar-refractivity contribution in [1.29, 1.82) is 0 Å². The van der Waals surface area contributed by atoms with Crippen molar-refractivity contribution in [3.05, 3.63) is 70.3 Å². The van der Waals surface area contributed by atoms with E-state index in [1.165, 1.54) is 12.0 Å². The van der Waals surface area contributed by atoms with E-state index < -0.39 is 5.92 Å². The average molecular weight is 377 g/mol. The van der Waals surface area contributed by atoms with Crippen molar-refractivity contribution >= 4 is 11.6 Å². The van der Waals surface area contributed by atoms with Gasteiger partial charge in [0.05, 0.1) is 0 Å². The minimum Gasteiger partial charge on any atom is -0.386 e. The van der Waals surface area contributed by atoms with Crippen LogP contribution >= 0.6 is 0 Å². The van der Waals surface area contributed by atoms with Gasteiger partial charge in [-0.3, -0.25) is 4.79 Å². The number of amides is 1. The van der Waals surface area contributed by atoms with Gasteiger partial charge in [0, 0.05) is 18.7 Å². The first-order valence-electron chi connectivity index (χ1n) is 10.2. The zero-order valence-electron chi connectivity index (χ0n) is 16.9. The van der Waals surface area contributed by atoms with Crippen LogP contribution in [0.15, 0.2) is 47.6 Å². The van der Waals surface area contributed by atoms with E-state index in [1.807, 2.05) is 35.2 Å². The van der Waals surface area contributed by atoms with Crippen LogP contribution in [-0.4, -0.2) is 29.6 Å². The largest absolute Gasteiger partial charge is 0.386 e. The Hall–Kier alpha value is -2.62. The summed E-state index contributed by atoms with van der Waals surface area (Å²) in [6.45, 7) is 7.94. The van der Waals surface area contributed by atoms with Crippen molar-refractivity contribution in [2.45, 2.75) is 46.1 Å². The summed E-state index contributed by atoms with van der Waals surface area (Å²) >= 11 is 0. The molecule has 1 amide bonds. The number of oxime groups is 1. The highest BCUT2D eigenvalue weighted by Crippen LogP contribution is 2.38. The first kappa shape index (κ1) is 18.7. The molecule has 28 heavy (non-hydrogen) atoms. The molecular weight excluding hydrogens is 348 g/mol. The number of nitrogens with zero attached hydrogens (tertiary/aromatic N) is 2. The smallest absolute Gasteiger partial charge is 0.236 e. The molecule has 2 aromatic rings. The van der Waals surface area contributed by atoms with Gasteiger partial charge in [-0.05, 0) is 56.7 Å². The highest BCUT2D eigenvalue weighted by molar-refractivity contribution is 6.15. The summed E-state index contributed by atoms with van der Waals surface area (Å²) in [4.78, 5) is 21.5. The van der Waals surface area contributed by atoms with Crippen molar-refractivity contribution in [2.75, 3.05) is 13.1 Å². The molecule has 2 atom stereocenters. The average Bonchev–Trinajstić information content (AvgIpc) is 3.12. The third kappa shape index (κ3) is 3.44. The molecule has 146 valence electrons. The fourth-order valence-corrected chi connectivity index (χ4v) is 4.61. The van der Waals surface area contributed by atoms with Crippen molar-refractivity contribution in [1.82, 2.24) is 4.90 Å². The maximum atomic E-state index is 13.6. The quantitative estimate of drug-likeness (QED) is 0.778. The van der Waals surface area contributed by atoms with Gasteiger partial charge in [0.15, 0.2) is 6.10 Å². The highest BCUT2D eigenvalue weighted by Gasteiger charge is 2.44. The SMILES string of the molecule is Cc1cc(C)c(C2=NO[C@@H](c3ccccc3)[C@@H]2C(=O)N2CCCCC2)c(C)c1. The maximum absolute atomic E-state index is 13.6. The minimum absolute atomic E-state index is 0.143. The zero-order chi connectivity index (χ0) is 19.7. The van der Waals surface area contributed by atoms with Gasteiger partial charge in [-0.2, -0.15) is 0 Å². The third-order valence-corrected chi connectivity index (χ3v) is 5.86. The number of rotatable bonds is 3. The Labute approximate surface area is 167 Å². The van der Waals surface area contributed by atoms with E-state index in [1.54, 1.807) is 0 Å². The van der Waals surface area contributed by atoms with Gasteiger partial charge in [-0.1, -0.05) is 53.2 Å². The molecule has 1 saturated heterocycles. The lowest BCUT2D eigenvalue weighted by Crippen LogP contribution is -2.43. The first-order chi connectivity index (χ1) is 13.6. The molecular formula is C24H28N2O2. The number of hydrogen-bond acceptors (Lipinski definition) is 3. The van der Waals surface area contributed by atoms with E-state index in [-0.39, 0.29) is 12.0 Å². The zero-order valence-corrected chi connectivity index (χ0v) is 16.9. The number of piperidine rings is 1. The summed E-state index contributed by atoms with van der Waals surface area (Å²) in [5.74, 6) is -0.259. The van der Waals surface area contributed by atoms with Crippen LogP contribution in [0, 0.1) is 26.7 Å². The van der Waals surface area contributed by atoms with E-state index in [9.17, 15) is 4.79 Å². The second kappa shape index (κ2) is 7.78. The van der Waals surface area contributed by atoms with Gasteiger partial charge in [-0.25, -0.2) is 0 Å². The molecule has 4 heteroatoms. The van der Waals surface area contributed by atoms with E-state index in [4.69, 9.17) is 4.84 Å². The lowest BCUT2D eigenvalue weighted by atomic mass is 9.83. The van der Waals surface area contributed by atoms with Crippen LogP contribution in [0.5, 0.6) is 0 Å². The standard InChI is InChI=1S/C24H28N2O2/c1-16-14-17(2)20(18(3)15-16)22-21(24(27)26-12-8-5-9-13-26)23(28-25-22)19-10-6-4-7-11-19/h4,6-7,10-11,14-15,21,23H,5,8-9,12-13H2,1-3H3/t21-,23+/m1/s1. The Bertz CT molecular complexity index is 875. The van der Waals surface area contributed by atoms with Crippen molar-refractivity contribution in [3.63, 3.8) is 0 Å². The third-order valence-electron chi connectivity index (χ3n) is 5.86. The van der Waals surface area contributed by atoms with Gasteiger partial charge in [0.2, 0.25) is 5.91 Å². The van der Waals surface area contributed by atoms with Crippen LogP contribution in [-0.2, 0) is 9.63 Å². The van der Waals surface area contributed by atoms with Crippen LogP contribution in [0.2, 0.25) is 0 Å². The molecule has 0 aliphatic carbocycles. The molecule has 0 aromatic heterocycles. The fraction of sp³-hybridized carbons (Fsp3) is 0.417. The summed E-state index contributed by atoms with van der Waals surface area (Å²) in [6, 6.07) is 14.3. The van der Waals surface area contributed by atoms with Crippen LogP contribution in [0.1, 0.15) is 53.2 Å². The van der Waals surface area contributed by atoms with Crippen molar-refractivity contribution in [3.8, 4) is 0 Å². The van der Waals surface area contributed by atoms with Gasteiger partial charge < -0.3 is 9.74 Å². The molecule has 2 aliphatic rings. The molecule has 0 radical (unpaired) electrons. The topological polar surface area (TPSA) is 41.9 Å². The predicted octanol–water partition coefficient (Wildman–Crippen LogP) is 4.72. The van der Waals surface area contributed by atoms with Crippen LogP contribution < -0.4 is 0 Å². The Kier molecular flexibility index (Phi) is 5.21. The van der Waals surface area contributed by atoms with Gasteiger partial charge in [-0.15, -0.1) is 0 Å². The second-order valence-corrected chi connectivity index (χ2v) is 8.05. The van der Waals surface area contributed by atoms with Crippen molar-refractivity contribution < 1.29 is 9.63 Å². The monoisotopic (exact) mass is 376 g/mol.